The van der Waals surface area contributed by atoms with Crippen molar-refractivity contribution in [2.45, 2.75) is 19.8 Å². The second-order valence-corrected chi connectivity index (χ2v) is 7.97. The van der Waals surface area contributed by atoms with Crippen molar-refractivity contribution >= 4 is 40.5 Å². The molecule has 0 fully saturated rings. The maximum absolute atomic E-state index is 12.5. The van der Waals surface area contributed by atoms with Crippen LogP contribution in [0.15, 0.2) is 41.9 Å². The maximum atomic E-state index is 12.5. The Morgan fingerprint density at radius 1 is 1.33 bits per heavy atom. The Kier molecular flexibility index (Phi) is 6.42. The van der Waals surface area contributed by atoms with Crippen LogP contribution in [0, 0.1) is 12.3 Å². The maximum Gasteiger partial charge on any atom is 0.433 e. The molecule has 2 heterocycles. The van der Waals surface area contributed by atoms with E-state index >= 15 is 0 Å². The highest BCUT2D eigenvalue weighted by Crippen LogP contribution is 2.32. The van der Waals surface area contributed by atoms with Gasteiger partial charge in [0.15, 0.2) is 5.01 Å². The number of hydrazine groups is 1. The van der Waals surface area contributed by atoms with Crippen LogP contribution in [0.2, 0.25) is 0 Å². The van der Waals surface area contributed by atoms with Gasteiger partial charge in [0.2, 0.25) is 0 Å². The zero-order valence-electron chi connectivity index (χ0n) is 18.2. The first-order valence-electron chi connectivity index (χ1n) is 10.3. The lowest BCUT2D eigenvalue weighted by molar-refractivity contribution is 0.156. The minimum atomic E-state index is -0.714. The molecule has 0 saturated carbocycles. The van der Waals surface area contributed by atoms with Crippen LogP contribution in [0.4, 0.5) is 21.1 Å². The second kappa shape index (κ2) is 9.58. The number of aromatic nitrogens is 3. The zero-order chi connectivity index (χ0) is 23.4. The predicted octanol–water partition coefficient (Wildman–Crippen LogP) is 3.94. The summed E-state index contributed by atoms with van der Waals surface area (Å²) >= 11 is 1.23. The lowest BCUT2D eigenvalue weighted by atomic mass is 9.91. The Bertz CT molecular complexity index is 1250. The number of ether oxygens (including phenoxy) is 1. The molecule has 168 valence electrons. The summed E-state index contributed by atoms with van der Waals surface area (Å²) in [4.78, 5) is 29.1. The van der Waals surface area contributed by atoms with Gasteiger partial charge in [-0.05, 0) is 49.0 Å². The number of terminal acetylenes is 1. The van der Waals surface area contributed by atoms with Gasteiger partial charge in [-0.25, -0.2) is 20.0 Å². The standard InChI is InChI=1S/C23H22N6O3S/c1-4-21-25-20(14-33-21)26-22(30)27-29(23(31)32-5-2)16-11-9-15(10-12-16)17-7-6-8-19-18(17)13-24-28(19)3/h1,7,9-14H,5-6,8H2,2-3H3,(H2,26,27,30). The van der Waals surface area contributed by atoms with Crippen LogP contribution in [0.5, 0.6) is 0 Å². The Morgan fingerprint density at radius 3 is 2.82 bits per heavy atom. The molecule has 2 N–H and O–H groups in total. The minimum Gasteiger partial charge on any atom is -0.448 e. The number of allylic oxidation sites excluding steroid dienone is 1. The lowest BCUT2D eigenvalue weighted by Gasteiger charge is -2.23. The number of fused-ring (bicyclic) bond motifs is 1. The molecule has 0 atom stereocenters. The van der Waals surface area contributed by atoms with Crippen LogP contribution >= 0.6 is 11.3 Å². The van der Waals surface area contributed by atoms with E-state index in [-0.39, 0.29) is 6.61 Å². The summed E-state index contributed by atoms with van der Waals surface area (Å²) in [5, 5.41) is 10.0. The van der Waals surface area contributed by atoms with Gasteiger partial charge in [0, 0.05) is 23.7 Å². The number of benzene rings is 1. The first-order chi connectivity index (χ1) is 16.0. The van der Waals surface area contributed by atoms with E-state index in [2.05, 4.69) is 32.8 Å². The van der Waals surface area contributed by atoms with E-state index < -0.39 is 12.1 Å². The third kappa shape index (κ3) is 4.73. The van der Waals surface area contributed by atoms with Crippen molar-refractivity contribution in [1.29, 1.82) is 0 Å². The van der Waals surface area contributed by atoms with Crippen LogP contribution in [0.1, 0.15) is 35.2 Å². The number of anilines is 2. The summed E-state index contributed by atoms with van der Waals surface area (Å²) in [7, 11) is 1.94. The number of carbonyl (C=O) groups excluding carboxylic acids is 2. The average Bonchev–Trinajstić information content (AvgIpc) is 3.44. The molecule has 0 spiro atoms. The van der Waals surface area contributed by atoms with Gasteiger partial charge in [0.1, 0.15) is 5.82 Å². The van der Waals surface area contributed by atoms with Gasteiger partial charge in [-0.15, -0.1) is 17.8 Å². The molecule has 0 saturated heterocycles. The molecule has 2 aromatic heterocycles. The Labute approximate surface area is 195 Å². The predicted molar refractivity (Wildman–Crippen MR) is 127 cm³/mol. The largest absolute Gasteiger partial charge is 0.448 e. The fourth-order valence-electron chi connectivity index (χ4n) is 3.56. The third-order valence-corrected chi connectivity index (χ3v) is 5.82. The van der Waals surface area contributed by atoms with Crippen LogP contribution in [-0.2, 0) is 18.2 Å². The minimum absolute atomic E-state index is 0.158. The molecule has 9 nitrogen and oxygen atoms in total. The van der Waals surface area contributed by atoms with Gasteiger partial charge in [-0.3, -0.25) is 10.00 Å². The molecule has 0 radical (unpaired) electrons. The number of hydrogen-bond acceptors (Lipinski definition) is 6. The molecule has 1 aliphatic carbocycles. The summed E-state index contributed by atoms with van der Waals surface area (Å²) in [6.45, 7) is 1.85. The van der Waals surface area contributed by atoms with Gasteiger partial charge in [-0.1, -0.05) is 18.2 Å². The molecule has 3 amide bonds. The molecular formula is C23H22N6O3S. The smallest absolute Gasteiger partial charge is 0.433 e. The molecular weight excluding hydrogens is 440 g/mol. The highest BCUT2D eigenvalue weighted by atomic mass is 32.1. The van der Waals surface area contributed by atoms with Crippen molar-refractivity contribution < 1.29 is 14.3 Å². The zero-order valence-corrected chi connectivity index (χ0v) is 19.0. The summed E-state index contributed by atoms with van der Waals surface area (Å²) in [6, 6.07) is 6.63. The van der Waals surface area contributed by atoms with Crippen LogP contribution in [0.3, 0.4) is 0 Å². The van der Waals surface area contributed by atoms with E-state index in [1.165, 1.54) is 17.0 Å². The van der Waals surface area contributed by atoms with E-state index in [0.717, 1.165) is 34.6 Å². The summed E-state index contributed by atoms with van der Waals surface area (Å²) in [5.41, 5.74) is 7.33. The molecule has 1 aliphatic rings. The van der Waals surface area contributed by atoms with Crippen molar-refractivity contribution in [3.8, 4) is 12.3 Å². The number of rotatable bonds is 4. The van der Waals surface area contributed by atoms with E-state index in [4.69, 9.17) is 11.2 Å². The number of carbonyl (C=O) groups is 2. The van der Waals surface area contributed by atoms with Gasteiger partial charge in [-0.2, -0.15) is 10.1 Å². The van der Waals surface area contributed by atoms with Crippen molar-refractivity contribution in [3.63, 3.8) is 0 Å². The van der Waals surface area contributed by atoms with Crippen LogP contribution in [0.25, 0.3) is 5.57 Å². The topological polar surface area (TPSA) is 101 Å². The monoisotopic (exact) mass is 462 g/mol. The third-order valence-electron chi connectivity index (χ3n) is 5.05. The Balaban J connectivity index is 1.54. The lowest BCUT2D eigenvalue weighted by Crippen LogP contribution is -2.48. The van der Waals surface area contributed by atoms with Gasteiger partial charge in [0.05, 0.1) is 18.5 Å². The van der Waals surface area contributed by atoms with Crippen molar-refractivity contribution in [1.82, 2.24) is 20.2 Å². The highest BCUT2D eigenvalue weighted by molar-refractivity contribution is 7.10. The molecule has 1 aromatic carbocycles. The molecule has 0 aliphatic heterocycles. The molecule has 0 unspecified atom stereocenters. The number of nitrogens with zero attached hydrogens (tertiary/aromatic N) is 4. The Hall–Kier alpha value is -4.10. The van der Waals surface area contributed by atoms with Crippen molar-refractivity contribution in [2.75, 3.05) is 16.9 Å². The molecule has 3 aromatic rings. The van der Waals surface area contributed by atoms with Gasteiger partial charge < -0.3 is 4.74 Å². The van der Waals surface area contributed by atoms with Gasteiger partial charge in [0.25, 0.3) is 0 Å². The first kappa shape index (κ1) is 22.1. The molecule has 33 heavy (non-hydrogen) atoms. The summed E-state index contributed by atoms with van der Waals surface area (Å²) < 4.78 is 7.01. The van der Waals surface area contributed by atoms with Crippen molar-refractivity contribution in [3.05, 3.63) is 63.7 Å². The number of aryl methyl sites for hydroxylation is 1. The molecule has 4 rings (SSSR count). The fraction of sp³-hybridized carbons (Fsp3) is 0.217. The number of amides is 3. The molecule has 10 heteroatoms. The highest BCUT2D eigenvalue weighted by Gasteiger charge is 2.22. The van der Waals surface area contributed by atoms with Gasteiger partial charge >= 0.3 is 12.1 Å². The average molecular weight is 463 g/mol. The van der Waals surface area contributed by atoms with E-state index in [9.17, 15) is 9.59 Å². The normalized spacial score (nSPS) is 12.2. The number of urea groups is 1. The van der Waals surface area contributed by atoms with E-state index in [1.54, 1.807) is 24.4 Å². The Morgan fingerprint density at radius 2 is 2.12 bits per heavy atom. The van der Waals surface area contributed by atoms with E-state index in [0.29, 0.717) is 16.5 Å². The summed E-state index contributed by atoms with van der Waals surface area (Å²) in [6.07, 6.45) is 10.5. The first-order valence-corrected chi connectivity index (χ1v) is 11.2. The summed E-state index contributed by atoms with van der Waals surface area (Å²) in [5.74, 6) is 2.70. The van der Waals surface area contributed by atoms with Crippen molar-refractivity contribution in [2.24, 2.45) is 7.05 Å². The number of hydrogen-bond donors (Lipinski definition) is 2. The second-order valence-electron chi connectivity index (χ2n) is 7.11. The van der Waals surface area contributed by atoms with E-state index in [1.807, 2.05) is 30.1 Å². The SMILES string of the molecule is C#Cc1nc(NC(=O)NN(C(=O)OCC)c2ccc(C3=CCCc4c3cnn4C)cc2)cs1. The fourth-order valence-corrected chi connectivity index (χ4v) is 4.11. The number of nitrogens with one attached hydrogen (secondary N) is 2. The molecule has 0 bridgehead atoms. The number of thiazole rings is 1. The quantitative estimate of drug-likeness (QED) is 0.452. The van der Waals surface area contributed by atoms with Crippen LogP contribution in [-0.4, -0.2) is 33.5 Å². The van der Waals surface area contributed by atoms with Crippen LogP contribution < -0.4 is 15.8 Å².